The fourth-order valence-electron chi connectivity index (χ4n) is 1.52. The Balaban J connectivity index is -0.000000282. The monoisotopic (exact) mass is 468 g/mol. The van der Waals surface area contributed by atoms with E-state index in [-0.39, 0.29) is 104 Å². The van der Waals surface area contributed by atoms with Crippen LogP contribution < -0.4 is 0 Å². The molecule has 0 aliphatic rings. The summed E-state index contributed by atoms with van der Waals surface area (Å²) in [5.41, 5.74) is 0.0805. The molecule has 0 fully saturated rings. The molecular weight excluding hydrogens is 447 g/mol. The third-order valence-electron chi connectivity index (χ3n) is 2.71. The van der Waals surface area contributed by atoms with E-state index in [4.69, 9.17) is 14.2 Å². The zero-order chi connectivity index (χ0) is 10.9. The van der Waals surface area contributed by atoms with Gasteiger partial charge in [0.15, 0.2) is 0 Å². The summed E-state index contributed by atoms with van der Waals surface area (Å²) >= 11 is 0. The first-order valence-electron chi connectivity index (χ1n) is 4.85. The summed E-state index contributed by atoms with van der Waals surface area (Å²) in [6, 6.07) is 0. The molecule has 0 saturated carbocycles. The molecule has 0 aliphatic carbocycles. The van der Waals surface area contributed by atoms with Gasteiger partial charge in [-0.3, -0.25) is 0 Å². The standard InChI is InChI=1S/C11H21O3.3Y/c1-5-11(10-14-4,6-8-12-2)7-9-13-3;;;/h2-10H2,1H3;;;/q-3;;;. The van der Waals surface area contributed by atoms with Gasteiger partial charge in [0.05, 0.1) is 0 Å². The topological polar surface area (TPSA) is 27.7 Å². The third-order valence-corrected chi connectivity index (χ3v) is 2.71. The third kappa shape index (κ3) is 13.9. The van der Waals surface area contributed by atoms with Gasteiger partial charge < -0.3 is 14.2 Å². The quantitative estimate of drug-likeness (QED) is 0.488. The Bertz CT molecular complexity index is 129. The van der Waals surface area contributed by atoms with E-state index in [9.17, 15) is 0 Å². The summed E-state index contributed by atoms with van der Waals surface area (Å²) in [5.74, 6) is 0. The Hall–Kier alpha value is 3.19. The molecule has 0 aromatic carbocycles. The molecule has 0 bridgehead atoms. The maximum absolute atomic E-state index is 4.99. The predicted molar refractivity (Wildman–Crippen MR) is 55.9 cm³/mol. The molecule has 6 heteroatoms. The van der Waals surface area contributed by atoms with Crippen LogP contribution in [-0.2, 0) is 112 Å². The first-order chi connectivity index (χ1) is 6.74. The van der Waals surface area contributed by atoms with Gasteiger partial charge in [0, 0.05) is 118 Å². The van der Waals surface area contributed by atoms with Gasteiger partial charge in [0.1, 0.15) is 0 Å². The van der Waals surface area contributed by atoms with Crippen LogP contribution in [0, 0.1) is 26.7 Å². The average Bonchev–Trinajstić information content (AvgIpc) is 2.22. The van der Waals surface area contributed by atoms with Crippen LogP contribution in [0.2, 0.25) is 0 Å². The molecule has 3 radical (unpaired) electrons. The fourth-order valence-corrected chi connectivity index (χ4v) is 1.52. The predicted octanol–water partition coefficient (Wildman–Crippen LogP) is 2.58. The molecule has 17 heavy (non-hydrogen) atoms. The summed E-state index contributed by atoms with van der Waals surface area (Å²) < 4.78 is 14.7. The summed E-state index contributed by atoms with van der Waals surface area (Å²) in [5, 5.41) is 0. The zero-order valence-corrected chi connectivity index (χ0v) is 19.3. The van der Waals surface area contributed by atoms with Crippen molar-refractivity contribution in [3.63, 3.8) is 0 Å². The Labute approximate surface area is 182 Å². The molecule has 0 spiro atoms. The van der Waals surface area contributed by atoms with E-state index in [1.54, 1.807) is 0 Å². The van der Waals surface area contributed by atoms with Gasteiger partial charge in [-0.1, -0.05) is 6.92 Å². The average molecular weight is 468 g/mol. The van der Waals surface area contributed by atoms with Crippen LogP contribution in [-0.4, -0.2) is 19.8 Å². The normalized spacial score (nSPS) is 9.88. The number of ether oxygens (including phenoxy) is 3. The Morgan fingerprint density at radius 2 is 1.24 bits per heavy atom. The summed E-state index contributed by atoms with van der Waals surface area (Å²) in [6.07, 6.45) is 2.83. The Kier molecular flexibility index (Phi) is 32.0. The second-order valence-electron chi connectivity index (χ2n) is 3.52. The zero-order valence-electron chi connectivity index (χ0n) is 10.8. The minimum atomic E-state index is 0. The molecule has 0 rings (SSSR count). The largest absolute Gasteiger partial charge is 0.555 e. The number of rotatable bonds is 9. The molecule has 0 N–H and O–H groups in total. The fraction of sp³-hybridized carbons (Fsp3) is 0.727. The van der Waals surface area contributed by atoms with Gasteiger partial charge in [0.25, 0.3) is 0 Å². The van der Waals surface area contributed by atoms with Gasteiger partial charge in [-0.15, -0.1) is 0 Å². The van der Waals surface area contributed by atoms with Crippen LogP contribution in [0.25, 0.3) is 0 Å². The van der Waals surface area contributed by atoms with Crippen LogP contribution in [0.15, 0.2) is 0 Å². The first-order valence-corrected chi connectivity index (χ1v) is 4.85. The van der Waals surface area contributed by atoms with Crippen LogP contribution in [0.1, 0.15) is 26.2 Å². The minimum absolute atomic E-state index is 0. The second-order valence-corrected chi connectivity index (χ2v) is 3.52. The van der Waals surface area contributed by atoms with Crippen molar-refractivity contribution in [2.24, 2.45) is 5.41 Å². The molecule has 0 heterocycles. The molecule has 0 aromatic heterocycles. The first kappa shape index (κ1) is 28.4. The van der Waals surface area contributed by atoms with Gasteiger partial charge in [-0.25, -0.2) is 21.3 Å². The van der Waals surface area contributed by atoms with Crippen LogP contribution >= 0.6 is 0 Å². The van der Waals surface area contributed by atoms with Gasteiger partial charge in [-0.05, 0) is 24.7 Å². The molecular formula is C11H21O3Y3-3. The summed E-state index contributed by atoms with van der Waals surface area (Å²) in [6.45, 7) is 4.02. The van der Waals surface area contributed by atoms with Gasteiger partial charge >= 0.3 is 0 Å². The smallest absolute Gasteiger partial charge is 0.0169 e. The van der Waals surface area contributed by atoms with Crippen LogP contribution in [0.3, 0.4) is 0 Å². The van der Waals surface area contributed by atoms with Crippen molar-refractivity contribution in [1.82, 2.24) is 0 Å². The van der Waals surface area contributed by atoms with Crippen molar-refractivity contribution >= 4 is 0 Å². The molecule has 0 amide bonds. The van der Waals surface area contributed by atoms with E-state index in [2.05, 4.69) is 28.3 Å². The van der Waals surface area contributed by atoms with Crippen molar-refractivity contribution in [3.05, 3.63) is 21.3 Å². The van der Waals surface area contributed by atoms with Crippen molar-refractivity contribution in [3.8, 4) is 0 Å². The van der Waals surface area contributed by atoms with E-state index < -0.39 is 0 Å². The second kappa shape index (κ2) is 19.2. The van der Waals surface area contributed by atoms with E-state index in [0.717, 1.165) is 19.3 Å². The maximum Gasteiger partial charge on any atom is 0.0169 e. The number of hydrogen-bond acceptors (Lipinski definition) is 3. The summed E-state index contributed by atoms with van der Waals surface area (Å²) in [7, 11) is 10.1. The molecule has 3 nitrogen and oxygen atoms in total. The van der Waals surface area contributed by atoms with Crippen molar-refractivity contribution in [2.75, 3.05) is 19.8 Å². The van der Waals surface area contributed by atoms with E-state index >= 15 is 0 Å². The maximum atomic E-state index is 4.99. The van der Waals surface area contributed by atoms with Gasteiger partial charge in [0.2, 0.25) is 0 Å². The van der Waals surface area contributed by atoms with Crippen molar-refractivity contribution < 1.29 is 112 Å². The molecule has 0 aliphatic heterocycles. The molecule has 0 aromatic rings. The molecule has 0 unspecified atom stereocenters. The van der Waals surface area contributed by atoms with E-state index in [0.29, 0.717) is 19.8 Å². The SMILES string of the molecule is [CH2-]OCCC(CC)(CCO[CH2-])CO[CH2-].[Y].[Y].[Y]. The van der Waals surface area contributed by atoms with Crippen LogP contribution in [0.5, 0.6) is 0 Å². The number of hydrogen-bond donors (Lipinski definition) is 0. The summed E-state index contributed by atoms with van der Waals surface area (Å²) in [4.78, 5) is 0. The molecule has 0 atom stereocenters. The Morgan fingerprint density at radius 3 is 1.47 bits per heavy atom. The van der Waals surface area contributed by atoms with Crippen molar-refractivity contribution in [2.45, 2.75) is 26.2 Å². The Morgan fingerprint density at radius 1 is 0.824 bits per heavy atom. The van der Waals surface area contributed by atoms with Crippen LogP contribution in [0.4, 0.5) is 0 Å². The van der Waals surface area contributed by atoms with Gasteiger partial charge in [-0.2, -0.15) is 0 Å². The van der Waals surface area contributed by atoms with E-state index in [1.807, 2.05) is 0 Å². The van der Waals surface area contributed by atoms with E-state index in [1.165, 1.54) is 0 Å². The molecule has 0 saturated heterocycles. The minimum Gasteiger partial charge on any atom is -0.555 e. The van der Waals surface area contributed by atoms with Crippen molar-refractivity contribution in [1.29, 1.82) is 0 Å². The molecule has 95 valence electrons.